The van der Waals surface area contributed by atoms with Crippen molar-refractivity contribution in [1.29, 1.82) is 0 Å². The third-order valence-corrected chi connectivity index (χ3v) is 7.75. The molecule has 1 atom stereocenters. The topological polar surface area (TPSA) is 105 Å². The normalized spacial score (nSPS) is 16.9. The third-order valence-electron chi connectivity index (χ3n) is 5.72. The standard InChI is InChI=1S/C23H29N3O5S/c1-15-13-17(22(27)24-3)8-10-19(15)25-23(28)18-9-11-20(31-4)21(14-18)32(29,30)26-12-6-5-7-16(26)2/h8-11,13-14,16H,5-7,12H2,1-4H3,(H,24,27)(H,25,28). The van der Waals surface area contributed by atoms with Crippen LogP contribution in [0.25, 0.3) is 0 Å². The number of hydrogen-bond acceptors (Lipinski definition) is 5. The van der Waals surface area contributed by atoms with E-state index in [0.29, 0.717) is 23.4 Å². The van der Waals surface area contributed by atoms with Crippen LogP contribution in [0.3, 0.4) is 0 Å². The number of piperidine rings is 1. The first kappa shape index (κ1) is 23.7. The van der Waals surface area contributed by atoms with Gasteiger partial charge in [-0.2, -0.15) is 4.31 Å². The Balaban J connectivity index is 1.91. The highest BCUT2D eigenvalue weighted by atomic mass is 32.2. The van der Waals surface area contributed by atoms with Crippen molar-refractivity contribution in [3.05, 3.63) is 53.1 Å². The van der Waals surface area contributed by atoms with E-state index < -0.39 is 15.9 Å². The lowest BCUT2D eigenvalue weighted by Crippen LogP contribution is -2.42. The number of amides is 2. The molecule has 1 unspecified atom stereocenters. The Morgan fingerprint density at radius 1 is 1.06 bits per heavy atom. The number of nitrogens with one attached hydrogen (secondary N) is 2. The largest absolute Gasteiger partial charge is 0.495 e. The summed E-state index contributed by atoms with van der Waals surface area (Å²) in [6, 6.07) is 9.21. The summed E-state index contributed by atoms with van der Waals surface area (Å²) in [7, 11) is -0.868. The molecule has 32 heavy (non-hydrogen) atoms. The molecule has 0 spiro atoms. The van der Waals surface area contributed by atoms with Crippen LogP contribution in [0.2, 0.25) is 0 Å². The number of sulfonamides is 1. The number of benzene rings is 2. The van der Waals surface area contributed by atoms with Gasteiger partial charge in [-0.05, 0) is 68.7 Å². The van der Waals surface area contributed by atoms with E-state index in [1.165, 1.54) is 29.6 Å². The molecular weight excluding hydrogens is 430 g/mol. The number of methoxy groups -OCH3 is 1. The van der Waals surface area contributed by atoms with Crippen LogP contribution in [0.1, 0.15) is 52.5 Å². The molecule has 0 aromatic heterocycles. The molecule has 3 rings (SSSR count). The van der Waals surface area contributed by atoms with E-state index >= 15 is 0 Å². The van der Waals surface area contributed by atoms with Gasteiger partial charge in [-0.1, -0.05) is 6.42 Å². The number of ether oxygens (including phenoxy) is 1. The van der Waals surface area contributed by atoms with Gasteiger partial charge in [0, 0.05) is 36.4 Å². The SMILES string of the molecule is CNC(=O)c1ccc(NC(=O)c2ccc(OC)c(S(=O)(=O)N3CCCCC3C)c2)c(C)c1. The van der Waals surface area contributed by atoms with Crippen LogP contribution in [0, 0.1) is 6.92 Å². The average Bonchev–Trinajstić information content (AvgIpc) is 2.79. The van der Waals surface area contributed by atoms with Crippen molar-refractivity contribution in [2.75, 3.05) is 26.0 Å². The van der Waals surface area contributed by atoms with Crippen LogP contribution < -0.4 is 15.4 Å². The van der Waals surface area contributed by atoms with Crippen molar-refractivity contribution in [1.82, 2.24) is 9.62 Å². The van der Waals surface area contributed by atoms with Crippen LogP contribution in [0.15, 0.2) is 41.3 Å². The van der Waals surface area contributed by atoms with Crippen molar-refractivity contribution in [3.63, 3.8) is 0 Å². The summed E-state index contributed by atoms with van der Waals surface area (Å²) in [5, 5.41) is 5.35. The number of carbonyl (C=O) groups excluding carboxylic acids is 2. The molecule has 1 aliphatic rings. The van der Waals surface area contributed by atoms with Gasteiger partial charge < -0.3 is 15.4 Å². The fourth-order valence-electron chi connectivity index (χ4n) is 3.86. The number of anilines is 1. The van der Waals surface area contributed by atoms with Gasteiger partial charge in [-0.3, -0.25) is 9.59 Å². The highest BCUT2D eigenvalue weighted by Crippen LogP contribution is 2.32. The lowest BCUT2D eigenvalue weighted by atomic mass is 10.1. The van der Waals surface area contributed by atoms with Gasteiger partial charge in [0.2, 0.25) is 10.0 Å². The van der Waals surface area contributed by atoms with Crippen LogP contribution in [0.5, 0.6) is 5.75 Å². The molecule has 9 heteroatoms. The van der Waals surface area contributed by atoms with E-state index in [4.69, 9.17) is 4.74 Å². The lowest BCUT2D eigenvalue weighted by Gasteiger charge is -2.32. The van der Waals surface area contributed by atoms with Crippen molar-refractivity contribution < 1.29 is 22.7 Å². The van der Waals surface area contributed by atoms with Crippen LogP contribution in [0.4, 0.5) is 5.69 Å². The molecule has 1 saturated heterocycles. The summed E-state index contributed by atoms with van der Waals surface area (Å²) in [5.41, 5.74) is 1.93. The minimum Gasteiger partial charge on any atom is -0.495 e. The van der Waals surface area contributed by atoms with Crippen LogP contribution >= 0.6 is 0 Å². The zero-order valence-corrected chi connectivity index (χ0v) is 19.6. The average molecular weight is 460 g/mol. The first-order chi connectivity index (χ1) is 15.2. The number of rotatable bonds is 6. The highest BCUT2D eigenvalue weighted by Gasteiger charge is 2.33. The number of nitrogens with zero attached hydrogens (tertiary/aromatic N) is 1. The number of aryl methyl sites for hydroxylation is 1. The monoisotopic (exact) mass is 459 g/mol. The molecule has 0 saturated carbocycles. The van der Waals surface area contributed by atoms with Crippen LogP contribution in [-0.4, -0.2) is 51.3 Å². The molecule has 0 bridgehead atoms. The number of carbonyl (C=O) groups is 2. The predicted molar refractivity (Wildman–Crippen MR) is 123 cm³/mol. The van der Waals surface area contributed by atoms with Gasteiger partial charge >= 0.3 is 0 Å². The van der Waals surface area contributed by atoms with E-state index in [9.17, 15) is 18.0 Å². The lowest BCUT2D eigenvalue weighted by molar-refractivity contribution is 0.0962. The molecule has 172 valence electrons. The predicted octanol–water partition coefficient (Wildman–Crippen LogP) is 3.18. The Labute approximate surface area is 189 Å². The van der Waals surface area contributed by atoms with Crippen molar-refractivity contribution >= 4 is 27.5 Å². The van der Waals surface area contributed by atoms with Gasteiger partial charge in [-0.15, -0.1) is 0 Å². The first-order valence-corrected chi connectivity index (χ1v) is 12.0. The van der Waals surface area contributed by atoms with Crippen LogP contribution in [-0.2, 0) is 10.0 Å². The maximum absolute atomic E-state index is 13.4. The minimum atomic E-state index is -3.83. The summed E-state index contributed by atoms with van der Waals surface area (Å²) < 4.78 is 33.5. The smallest absolute Gasteiger partial charge is 0.255 e. The van der Waals surface area contributed by atoms with E-state index in [1.807, 2.05) is 6.92 Å². The molecule has 1 fully saturated rings. The summed E-state index contributed by atoms with van der Waals surface area (Å²) in [6.45, 7) is 4.12. The Bertz CT molecular complexity index is 1130. The minimum absolute atomic E-state index is 0.0203. The molecule has 2 amide bonds. The molecule has 2 N–H and O–H groups in total. The molecule has 0 radical (unpaired) electrons. The molecule has 2 aromatic rings. The van der Waals surface area contributed by atoms with E-state index in [0.717, 1.165) is 19.3 Å². The van der Waals surface area contributed by atoms with E-state index in [2.05, 4.69) is 10.6 Å². The zero-order valence-electron chi connectivity index (χ0n) is 18.8. The van der Waals surface area contributed by atoms with E-state index in [1.54, 1.807) is 32.2 Å². The quantitative estimate of drug-likeness (QED) is 0.690. The molecule has 1 aliphatic heterocycles. The van der Waals surface area contributed by atoms with Crippen molar-refractivity contribution in [3.8, 4) is 5.75 Å². The van der Waals surface area contributed by atoms with Gasteiger partial charge in [0.1, 0.15) is 10.6 Å². The molecule has 1 heterocycles. The molecule has 0 aliphatic carbocycles. The maximum Gasteiger partial charge on any atom is 0.255 e. The molecular formula is C23H29N3O5S. The van der Waals surface area contributed by atoms with Gasteiger partial charge in [0.15, 0.2) is 0 Å². The third kappa shape index (κ3) is 4.78. The molecule has 8 nitrogen and oxygen atoms in total. The second-order valence-corrected chi connectivity index (χ2v) is 9.75. The second kappa shape index (κ2) is 9.70. The fraction of sp³-hybridized carbons (Fsp3) is 0.391. The highest BCUT2D eigenvalue weighted by molar-refractivity contribution is 7.89. The van der Waals surface area contributed by atoms with Gasteiger partial charge in [-0.25, -0.2) is 8.42 Å². The Morgan fingerprint density at radius 2 is 1.75 bits per heavy atom. The summed E-state index contributed by atoms with van der Waals surface area (Å²) in [5.74, 6) is -0.472. The summed E-state index contributed by atoms with van der Waals surface area (Å²) in [6.07, 6.45) is 2.59. The Morgan fingerprint density at radius 3 is 2.38 bits per heavy atom. The maximum atomic E-state index is 13.4. The fourth-order valence-corrected chi connectivity index (χ4v) is 5.74. The van der Waals surface area contributed by atoms with Gasteiger partial charge in [0.05, 0.1) is 7.11 Å². The Kier molecular flexibility index (Phi) is 7.20. The van der Waals surface area contributed by atoms with E-state index in [-0.39, 0.29) is 28.2 Å². The summed E-state index contributed by atoms with van der Waals surface area (Å²) >= 11 is 0. The van der Waals surface area contributed by atoms with Crippen molar-refractivity contribution in [2.24, 2.45) is 0 Å². The zero-order chi connectivity index (χ0) is 23.5. The summed E-state index contributed by atoms with van der Waals surface area (Å²) in [4.78, 5) is 24.7. The first-order valence-electron chi connectivity index (χ1n) is 10.5. The van der Waals surface area contributed by atoms with Crippen molar-refractivity contribution in [2.45, 2.75) is 44.0 Å². The molecule has 2 aromatic carbocycles. The number of hydrogen-bond donors (Lipinski definition) is 2. The Hall–Kier alpha value is -2.91. The van der Waals surface area contributed by atoms with Gasteiger partial charge in [0.25, 0.3) is 11.8 Å². The second-order valence-electron chi connectivity index (χ2n) is 7.89.